The van der Waals surface area contributed by atoms with Gasteiger partial charge in [0.15, 0.2) is 9.84 Å². The Labute approximate surface area is 191 Å². The van der Waals surface area contributed by atoms with Gasteiger partial charge in [0.05, 0.1) is 17.1 Å². The number of rotatable bonds is 7. The van der Waals surface area contributed by atoms with Gasteiger partial charge in [0.2, 0.25) is 0 Å². The van der Waals surface area contributed by atoms with Gasteiger partial charge in [-0.25, -0.2) is 17.5 Å². The highest BCUT2D eigenvalue weighted by atomic mass is 32.2. The molecule has 6 nitrogen and oxygen atoms in total. The first-order valence-corrected chi connectivity index (χ1v) is 12.3. The zero-order valence-electron chi connectivity index (χ0n) is 17.9. The van der Waals surface area contributed by atoms with E-state index in [-0.39, 0.29) is 24.0 Å². The lowest BCUT2D eigenvalue weighted by atomic mass is 10.1. The van der Waals surface area contributed by atoms with Gasteiger partial charge in [-0.3, -0.25) is 4.79 Å². The van der Waals surface area contributed by atoms with Gasteiger partial charge < -0.3 is 5.32 Å². The summed E-state index contributed by atoms with van der Waals surface area (Å²) in [6.45, 7) is 0.212. The van der Waals surface area contributed by atoms with E-state index in [0.29, 0.717) is 16.8 Å². The van der Waals surface area contributed by atoms with Crippen LogP contribution in [0.4, 0.5) is 4.39 Å². The minimum absolute atomic E-state index is 0.0748. The van der Waals surface area contributed by atoms with Gasteiger partial charge in [-0.1, -0.05) is 30.3 Å². The van der Waals surface area contributed by atoms with Crippen LogP contribution in [0.2, 0.25) is 0 Å². The number of hydrogen-bond donors (Lipinski definition) is 1. The van der Waals surface area contributed by atoms with Crippen LogP contribution in [0.15, 0.2) is 85.1 Å². The fourth-order valence-electron chi connectivity index (χ4n) is 3.44. The molecule has 4 rings (SSSR count). The van der Waals surface area contributed by atoms with E-state index in [2.05, 4.69) is 10.4 Å². The summed E-state index contributed by atoms with van der Waals surface area (Å²) < 4.78 is 38.0. The standard InChI is InChI=1S/C25H22FN3O3S/c1-33(31,32)17-18-7-9-20(10-8-18)25(30)27-15-21-16-29(23-5-3-2-4-6-23)28-24(21)19-11-13-22(26)14-12-19/h2-14,16H,15,17H2,1H3,(H,27,30). The number of nitrogens with one attached hydrogen (secondary N) is 1. The van der Waals surface area contributed by atoms with Crippen molar-refractivity contribution in [3.8, 4) is 16.9 Å². The second-order valence-corrected chi connectivity index (χ2v) is 9.88. The Kier molecular flexibility index (Phi) is 6.37. The maximum absolute atomic E-state index is 13.4. The molecule has 1 N–H and O–H groups in total. The minimum atomic E-state index is -3.14. The second-order valence-electron chi connectivity index (χ2n) is 7.74. The molecule has 1 heterocycles. The largest absolute Gasteiger partial charge is 0.348 e. The van der Waals surface area contributed by atoms with Crippen molar-refractivity contribution in [2.45, 2.75) is 12.3 Å². The average Bonchev–Trinajstić information content (AvgIpc) is 3.22. The second kappa shape index (κ2) is 9.38. The van der Waals surface area contributed by atoms with E-state index in [9.17, 15) is 17.6 Å². The average molecular weight is 464 g/mol. The molecule has 168 valence electrons. The SMILES string of the molecule is CS(=O)(=O)Cc1ccc(C(=O)NCc2cn(-c3ccccc3)nc2-c2ccc(F)cc2)cc1. The summed E-state index contributed by atoms with van der Waals surface area (Å²) in [6.07, 6.45) is 3.01. The number of carbonyl (C=O) groups is 1. The fraction of sp³-hybridized carbons (Fsp3) is 0.120. The van der Waals surface area contributed by atoms with E-state index < -0.39 is 9.84 Å². The van der Waals surface area contributed by atoms with Gasteiger partial charge in [0.25, 0.3) is 5.91 Å². The summed E-state index contributed by atoms with van der Waals surface area (Å²) >= 11 is 0. The summed E-state index contributed by atoms with van der Waals surface area (Å²) in [5.41, 5.74) is 4.05. The predicted octanol–water partition coefficient (Wildman–Crippen LogP) is 4.15. The van der Waals surface area contributed by atoms with Crippen LogP contribution in [0.1, 0.15) is 21.5 Å². The van der Waals surface area contributed by atoms with E-state index in [4.69, 9.17) is 0 Å². The number of halogens is 1. The van der Waals surface area contributed by atoms with Crippen LogP contribution in [-0.2, 0) is 22.1 Å². The first-order chi connectivity index (χ1) is 15.8. The third kappa shape index (κ3) is 5.72. The van der Waals surface area contributed by atoms with Crippen LogP contribution in [0.5, 0.6) is 0 Å². The molecule has 0 spiro atoms. The van der Waals surface area contributed by atoms with Crippen molar-refractivity contribution in [3.05, 3.63) is 108 Å². The van der Waals surface area contributed by atoms with Crippen molar-refractivity contribution >= 4 is 15.7 Å². The van der Waals surface area contributed by atoms with E-state index in [1.54, 1.807) is 41.1 Å². The Hall–Kier alpha value is -3.78. The number of benzene rings is 3. The molecule has 0 radical (unpaired) electrons. The Balaban J connectivity index is 1.56. The number of nitrogens with zero attached hydrogens (tertiary/aromatic N) is 2. The van der Waals surface area contributed by atoms with Crippen LogP contribution in [0, 0.1) is 5.82 Å². The summed E-state index contributed by atoms with van der Waals surface area (Å²) in [7, 11) is -3.14. The third-order valence-corrected chi connectivity index (χ3v) is 5.87. The summed E-state index contributed by atoms with van der Waals surface area (Å²) in [6, 6.07) is 22.1. The first-order valence-electron chi connectivity index (χ1n) is 10.2. The predicted molar refractivity (Wildman–Crippen MR) is 125 cm³/mol. The number of hydrogen-bond acceptors (Lipinski definition) is 4. The molecule has 0 saturated carbocycles. The number of carbonyl (C=O) groups excluding carboxylic acids is 1. The van der Waals surface area contributed by atoms with Crippen molar-refractivity contribution in [2.24, 2.45) is 0 Å². The Morgan fingerprint density at radius 2 is 1.64 bits per heavy atom. The lowest BCUT2D eigenvalue weighted by Gasteiger charge is -2.07. The molecule has 0 aliphatic carbocycles. The molecule has 0 atom stereocenters. The quantitative estimate of drug-likeness (QED) is 0.446. The van der Waals surface area contributed by atoms with Gasteiger partial charge in [-0.05, 0) is 54.1 Å². The van der Waals surface area contributed by atoms with Crippen LogP contribution in [0.25, 0.3) is 16.9 Å². The fourth-order valence-corrected chi connectivity index (χ4v) is 4.23. The van der Waals surface area contributed by atoms with Gasteiger partial charge in [-0.15, -0.1) is 0 Å². The maximum atomic E-state index is 13.4. The molecular formula is C25H22FN3O3S. The molecule has 0 fully saturated rings. The molecule has 4 aromatic rings. The smallest absolute Gasteiger partial charge is 0.251 e. The topological polar surface area (TPSA) is 81.1 Å². The molecule has 0 bridgehead atoms. The number of amides is 1. The van der Waals surface area contributed by atoms with Crippen LogP contribution >= 0.6 is 0 Å². The highest BCUT2D eigenvalue weighted by Gasteiger charge is 2.15. The van der Waals surface area contributed by atoms with Crippen LogP contribution in [-0.4, -0.2) is 30.4 Å². The summed E-state index contributed by atoms with van der Waals surface area (Å²) in [5.74, 6) is -0.706. The summed E-state index contributed by atoms with van der Waals surface area (Å²) in [4.78, 5) is 12.7. The molecule has 0 aliphatic heterocycles. The lowest BCUT2D eigenvalue weighted by Crippen LogP contribution is -2.22. The third-order valence-electron chi connectivity index (χ3n) is 5.01. The van der Waals surface area contributed by atoms with Crippen molar-refractivity contribution in [1.82, 2.24) is 15.1 Å². The van der Waals surface area contributed by atoms with Crippen molar-refractivity contribution in [2.75, 3.05) is 6.26 Å². The van der Waals surface area contributed by atoms with E-state index in [1.165, 1.54) is 18.4 Å². The Morgan fingerprint density at radius 3 is 2.27 bits per heavy atom. The summed E-state index contributed by atoms with van der Waals surface area (Å²) in [5, 5.41) is 7.55. The molecule has 1 aromatic heterocycles. The molecular weight excluding hydrogens is 441 g/mol. The highest BCUT2D eigenvalue weighted by Crippen LogP contribution is 2.24. The number of para-hydroxylation sites is 1. The first kappa shape index (κ1) is 22.4. The van der Waals surface area contributed by atoms with E-state index >= 15 is 0 Å². The molecule has 0 saturated heterocycles. The van der Waals surface area contributed by atoms with Crippen LogP contribution in [0.3, 0.4) is 0 Å². The molecule has 33 heavy (non-hydrogen) atoms. The minimum Gasteiger partial charge on any atom is -0.348 e. The molecule has 0 aliphatic rings. The normalized spacial score (nSPS) is 11.3. The number of sulfone groups is 1. The molecule has 8 heteroatoms. The van der Waals surface area contributed by atoms with E-state index in [1.807, 2.05) is 36.5 Å². The van der Waals surface area contributed by atoms with Crippen molar-refractivity contribution in [3.63, 3.8) is 0 Å². The monoisotopic (exact) mass is 463 g/mol. The van der Waals surface area contributed by atoms with Crippen molar-refractivity contribution in [1.29, 1.82) is 0 Å². The van der Waals surface area contributed by atoms with E-state index in [0.717, 1.165) is 16.8 Å². The zero-order chi connectivity index (χ0) is 23.4. The van der Waals surface area contributed by atoms with Crippen LogP contribution < -0.4 is 5.32 Å². The highest BCUT2D eigenvalue weighted by molar-refractivity contribution is 7.89. The van der Waals surface area contributed by atoms with Gasteiger partial charge in [-0.2, -0.15) is 5.10 Å². The molecule has 1 amide bonds. The maximum Gasteiger partial charge on any atom is 0.251 e. The molecule has 0 unspecified atom stereocenters. The van der Waals surface area contributed by atoms with Gasteiger partial charge in [0, 0.05) is 35.7 Å². The zero-order valence-corrected chi connectivity index (χ0v) is 18.7. The Morgan fingerprint density at radius 1 is 0.970 bits per heavy atom. The van der Waals surface area contributed by atoms with Gasteiger partial charge >= 0.3 is 0 Å². The number of aromatic nitrogens is 2. The lowest BCUT2D eigenvalue weighted by molar-refractivity contribution is 0.0951. The van der Waals surface area contributed by atoms with Crippen molar-refractivity contribution < 1.29 is 17.6 Å². The van der Waals surface area contributed by atoms with Gasteiger partial charge in [0.1, 0.15) is 5.82 Å². The molecule has 3 aromatic carbocycles. The Bertz CT molecular complexity index is 1360.